The van der Waals surface area contributed by atoms with Crippen LogP contribution in [0.25, 0.3) is 0 Å². The second kappa shape index (κ2) is 5.82. The Morgan fingerprint density at radius 3 is 2.65 bits per heavy atom. The van der Waals surface area contributed by atoms with Crippen LogP contribution in [-0.4, -0.2) is 25.0 Å². The van der Waals surface area contributed by atoms with Crippen molar-refractivity contribution in [3.05, 3.63) is 29.8 Å². The van der Waals surface area contributed by atoms with Gasteiger partial charge in [0, 0.05) is 5.56 Å². The lowest BCUT2D eigenvalue weighted by molar-refractivity contribution is 0.0991. The molecule has 1 aromatic carbocycles. The van der Waals surface area contributed by atoms with Gasteiger partial charge in [-0.15, -0.1) is 0 Å². The Hall–Kier alpha value is -1.35. The van der Waals surface area contributed by atoms with E-state index in [2.05, 4.69) is 12.2 Å². The third-order valence-corrected chi connectivity index (χ3v) is 2.72. The summed E-state index contributed by atoms with van der Waals surface area (Å²) in [6.45, 7) is 3.38. The number of carbonyl (C=O) groups is 1. The van der Waals surface area contributed by atoms with Crippen LogP contribution in [0.2, 0.25) is 0 Å². The monoisotopic (exact) mass is 233 g/mol. The van der Waals surface area contributed by atoms with Crippen LogP contribution in [0.1, 0.15) is 36.5 Å². The van der Waals surface area contributed by atoms with Gasteiger partial charge in [0.25, 0.3) is 0 Å². The lowest BCUT2D eigenvalue weighted by Gasteiger charge is -2.06. The largest absolute Gasteiger partial charge is 0.490 e. The van der Waals surface area contributed by atoms with E-state index < -0.39 is 0 Å². The Bertz CT molecular complexity index is 368. The third-order valence-electron chi connectivity index (χ3n) is 2.72. The zero-order chi connectivity index (χ0) is 12.1. The van der Waals surface area contributed by atoms with Crippen LogP contribution in [0.5, 0.6) is 5.75 Å². The van der Waals surface area contributed by atoms with E-state index in [0.717, 1.165) is 37.1 Å². The fourth-order valence-corrected chi connectivity index (χ4v) is 1.58. The van der Waals surface area contributed by atoms with E-state index in [1.807, 2.05) is 24.3 Å². The molecule has 2 rings (SSSR count). The summed E-state index contributed by atoms with van der Waals surface area (Å²) in [7, 11) is 0. The maximum absolute atomic E-state index is 11.8. The van der Waals surface area contributed by atoms with Gasteiger partial charge in [-0.1, -0.05) is 6.92 Å². The Labute approximate surface area is 102 Å². The van der Waals surface area contributed by atoms with Gasteiger partial charge in [0.15, 0.2) is 5.78 Å². The first-order valence-corrected chi connectivity index (χ1v) is 6.30. The van der Waals surface area contributed by atoms with Crippen molar-refractivity contribution in [2.75, 3.05) is 13.1 Å². The van der Waals surface area contributed by atoms with Crippen molar-refractivity contribution < 1.29 is 9.53 Å². The van der Waals surface area contributed by atoms with Crippen LogP contribution in [0.15, 0.2) is 24.3 Å². The van der Waals surface area contributed by atoms with E-state index in [1.165, 1.54) is 0 Å². The SMILES string of the molecule is CCCNCC(=O)c1ccc(OC2CC2)cc1. The number of nitrogens with one attached hydrogen (secondary N) is 1. The molecule has 1 aliphatic carbocycles. The van der Waals surface area contributed by atoms with Gasteiger partial charge in [0.05, 0.1) is 12.6 Å². The first-order valence-electron chi connectivity index (χ1n) is 6.30. The normalized spacial score (nSPS) is 14.6. The van der Waals surface area contributed by atoms with E-state index in [-0.39, 0.29) is 5.78 Å². The van der Waals surface area contributed by atoms with Crippen molar-refractivity contribution in [2.45, 2.75) is 32.3 Å². The molecule has 0 heterocycles. The Balaban J connectivity index is 1.85. The van der Waals surface area contributed by atoms with Crippen LogP contribution in [0, 0.1) is 0 Å². The molecular weight excluding hydrogens is 214 g/mol. The first kappa shape index (κ1) is 12.1. The topological polar surface area (TPSA) is 38.3 Å². The maximum Gasteiger partial charge on any atom is 0.176 e. The molecule has 0 bridgehead atoms. The van der Waals surface area contributed by atoms with E-state index >= 15 is 0 Å². The second-order valence-electron chi connectivity index (χ2n) is 4.44. The smallest absolute Gasteiger partial charge is 0.176 e. The summed E-state index contributed by atoms with van der Waals surface area (Å²) >= 11 is 0. The fraction of sp³-hybridized carbons (Fsp3) is 0.500. The predicted octanol–water partition coefficient (Wildman–Crippen LogP) is 2.41. The van der Waals surface area contributed by atoms with Crippen LogP contribution >= 0.6 is 0 Å². The number of hydrogen-bond donors (Lipinski definition) is 1. The average Bonchev–Trinajstić information content (AvgIpc) is 3.14. The Kier molecular flexibility index (Phi) is 4.15. The predicted molar refractivity (Wildman–Crippen MR) is 67.6 cm³/mol. The number of ketones is 1. The zero-order valence-electron chi connectivity index (χ0n) is 10.2. The lowest BCUT2D eigenvalue weighted by atomic mass is 10.1. The summed E-state index contributed by atoms with van der Waals surface area (Å²) < 4.78 is 5.63. The standard InChI is InChI=1S/C14H19NO2/c1-2-9-15-10-14(16)11-3-5-12(6-4-11)17-13-7-8-13/h3-6,13,15H,2,7-10H2,1H3. The number of Topliss-reactive ketones (excluding diaryl/α,β-unsaturated/α-hetero) is 1. The summed E-state index contributed by atoms with van der Waals surface area (Å²) in [5.74, 6) is 1.00. The molecule has 0 aliphatic heterocycles. The van der Waals surface area contributed by atoms with Crippen molar-refractivity contribution in [1.29, 1.82) is 0 Å². The van der Waals surface area contributed by atoms with Crippen LogP contribution in [-0.2, 0) is 0 Å². The number of carbonyl (C=O) groups excluding carboxylic acids is 1. The molecule has 3 nitrogen and oxygen atoms in total. The van der Waals surface area contributed by atoms with Gasteiger partial charge in [-0.3, -0.25) is 4.79 Å². The van der Waals surface area contributed by atoms with E-state index in [1.54, 1.807) is 0 Å². The maximum atomic E-state index is 11.8. The molecule has 1 aliphatic rings. The molecule has 1 saturated carbocycles. The fourth-order valence-electron chi connectivity index (χ4n) is 1.58. The highest BCUT2D eigenvalue weighted by Crippen LogP contribution is 2.26. The number of rotatable bonds is 7. The summed E-state index contributed by atoms with van der Waals surface area (Å²) in [6, 6.07) is 7.44. The Morgan fingerprint density at radius 1 is 1.35 bits per heavy atom. The minimum Gasteiger partial charge on any atom is -0.490 e. The highest BCUT2D eigenvalue weighted by molar-refractivity contribution is 5.97. The molecule has 92 valence electrons. The highest BCUT2D eigenvalue weighted by atomic mass is 16.5. The molecule has 0 atom stereocenters. The summed E-state index contributed by atoms with van der Waals surface area (Å²) in [6.07, 6.45) is 3.76. The van der Waals surface area contributed by atoms with Gasteiger partial charge in [-0.25, -0.2) is 0 Å². The van der Waals surface area contributed by atoms with Crippen molar-refractivity contribution >= 4 is 5.78 Å². The van der Waals surface area contributed by atoms with Gasteiger partial charge in [-0.2, -0.15) is 0 Å². The average molecular weight is 233 g/mol. The van der Waals surface area contributed by atoms with Crippen molar-refractivity contribution in [1.82, 2.24) is 5.32 Å². The molecule has 0 unspecified atom stereocenters. The summed E-state index contributed by atoms with van der Waals surface area (Å²) in [5.41, 5.74) is 0.747. The van der Waals surface area contributed by atoms with Crippen LogP contribution in [0.4, 0.5) is 0 Å². The van der Waals surface area contributed by atoms with Crippen molar-refractivity contribution in [2.24, 2.45) is 0 Å². The van der Waals surface area contributed by atoms with E-state index in [4.69, 9.17) is 4.74 Å². The number of hydrogen-bond acceptors (Lipinski definition) is 3. The van der Waals surface area contributed by atoms with Gasteiger partial charge < -0.3 is 10.1 Å². The molecule has 1 aromatic rings. The van der Waals surface area contributed by atoms with E-state index in [0.29, 0.717) is 12.6 Å². The van der Waals surface area contributed by atoms with Gasteiger partial charge in [0.2, 0.25) is 0 Å². The molecule has 3 heteroatoms. The molecule has 0 spiro atoms. The van der Waals surface area contributed by atoms with Gasteiger partial charge in [-0.05, 0) is 50.1 Å². The van der Waals surface area contributed by atoms with Crippen LogP contribution < -0.4 is 10.1 Å². The van der Waals surface area contributed by atoms with Crippen molar-refractivity contribution in [3.8, 4) is 5.75 Å². The minimum atomic E-state index is 0.136. The molecule has 0 saturated heterocycles. The summed E-state index contributed by atoms with van der Waals surface area (Å²) in [4.78, 5) is 11.8. The number of ether oxygens (including phenoxy) is 1. The summed E-state index contributed by atoms with van der Waals surface area (Å²) in [5, 5.41) is 3.11. The third kappa shape index (κ3) is 3.86. The zero-order valence-corrected chi connectivity index (χ0v) is 10.2. The van der Waals surface area contributed by atoms with Crippen molar-refractivity contribution in [3.63, 3.8) is 0 Å². The molecule has 17 heavy (non-hydrogen) atoms. The van der Waals surface area contributed by atoms with Gasteiger partial charge >= 0.3 is 0 Å². The quantitative estimate of drug-likeness (QED) is 0.580. The van der Waals surface area contributed by atoms with E-state index in [9.17, 15) is 4.79 Å². The Morgan fingerprint density at radius 2 is 2.06 bits per heavy atom. The highest BCUT2D eigenvalue weighted by Gasteiger charge is 2.23. The molecular formula is C14H19NO2. The molecule has 1 fully saturated rings. The minimum absolute atomic E-state index is 0.136. The second-order valence-corrected chi connectivity index (χ2v) is 4.44. The molecule has 0 radical (unpaired) electrons. The lowest BCUT2D eigenvalue weighted by Crippen LogP contribution is -2.23. The molecule has 0 aromatic heterocycles. The first-order chi connectivity index (χ1) is 8.29. The molecule has 0 amide bonds. The molecule has 1 N–H and O–H groups in total. The van der Waals surface area contributed by atoms with Gasteiger partial charge in [0.1, 0.15) is 5.75 Å². The number of benzene rings is 1. The van der Waals surface area contributed by atoms with Crippen LogP contribution in [0.3, 0.4) is 0 Å².